The van der Waals surface area contributed by atoms with Crippen molar-refractivity contribution in [3.8, 4) is 0 Å². The molecular formula is C22H24Cl2N4O2S. The lowest BCUT2D eigenvalue weighted by Gasteiger charge is -2.37. The summed E-state index contributed by atoms with van der Waals surface area (Å²) in [7, 11) is 0. The van der Waals surface area contributed by atoms with Crippen molar-refractivity contribution in [3.05, 3.63) is 57.6 Å². The Labute approximate surface area is 197 Å². The number of hydrogen-bond donors (Lipinski definition) is 2. The number of nitrogens with zero attached hydrogens (tertiary/aromatic N) is 2. The van der Waals surface area contributed by atoms with Gasteiger partial charge in [-0.05, 0) is 49.0 Å². The molecule has 0 spiro atoms. The minimum Gasteiger partial charge on any atom is -0.365 e. The maximum atomic E-state index is 12.5. The topological polar surface area (TPSA) is 64.7 Å². The zero-order chi connectivity index (χ0) is 22.5. The number of benzene rings is 2. The van der Waals surface area contributed by atoms with Gasteiger partial charge in [0.15, 0.2) is 5.11 Å². The molecule has 0 saturated carbocycles. The molecule has 1 fully saturated rings. The summed E-state index contributed by atoms with van der Waals surface area (Å²) in [6.45, 7) is 6.31. The van der Waals surface area contributed by atoms with E-state index in [0.29, 0.717) is 53.9 Å². The van der Waals surface area contributed by atoms with E-state index in [1.807, 2.05) is 36.9 Å². The number of para-hydroxylation sites is 1. The zero-order valence-electron chi connectivity index (χ0n) is 17.4. The molecule has 1 heterocycles. The second-order valence-electron chi connectivity index (χ2n) is 7.23. The third-order valence-corrected chi connectivity index (χ3v) is 6.06. The number of aryl methyl sites for hydroxylation is 1. The molecular weight excluding hydrogens is 455 g/mol. The maximum Gasteiger partial charge on any atom is 0.257 e. The lowest BCUT2D eigenvalue weighted by molar-refractivity contribution is -0.131. The highest BCUT2D eigenvalue weighted by molar-refractivity contribution is 7.80. The fourth-order valence-corrected chi connectivity index (χ4v) is 4.08. The van der Waals surface area contributed by atoms with Crippen LogP contribution < -0.4 is 15.5 Å². The molecule has 2 amide bonds. The van der Waals surface area contributed by atoms with Crippen LogP contribution in [0, 0.1) is 6.92 Å². The first-order valence-electron chi connectivity index (χ1n) is 10.00. The first-order chi connectivity index (χ1) is 14.8. The summed E-state index contributed by atoms with van der Waals surface area (Å²) < 4.78 is 0. The monoisotopic (exact) mass is 478 g/mol. The summed E-state index contributed by atoms with van der Waals surface area (Å²) in [6, 6.07) is 10.6. The Kier molecular flexibility index (Phi) is 7.75. The molecule has 3 rings (SSSR count). The van der Waals surface area contributed by atoms with Gasteiger partial charge in [0.1, 0.15) is 0 Å². The first-order valence-corrected chi connectivity index (χ1v) is 11.2. The van der Waals surface area contributed by atoms with Crippen LogP contribution in [-0.2, 0) is 4.79 Å². The molecule has 1 aliphatic heterocycles. The molecule has 1 saturated heterocycles. The van der Waals surface area contributed by atoms with Gasteiger partial charge in [-0.3, -0.25) is 14.9 Å². The van der Waals surface area contributed by atoms with Crippen LogP contribution in [0.15, 0.2) is 36.4 Å². The Morgan fingerprint density at radius 1 is 1.06 bits per heavy atom. The van der Waals surface area contributed by atoms with Crippen molar-refractivity contribution in [3.63, 3.8) is 0 Å². The molecule has 0 aromatic heterocycles. The summed E-state index contributed by atoms with van der Waals surface area (Å²) in [4.78, 5) is 28.5. The van der Waals surface area contributed by atoms with Gasteiger partial charge in [-0.1, -0.05) is 42.3 Å². The van der Waals surface area contributed by atoms with Crippen molar-refractivity contribution in [2.75, 3.05) is 36.4 Å². The van der Waals surface area contributed by atoms with Gasteiger partial charge in [0.25, 0.3) is 5.91 Å². The zero-order valence-corrected chi connectivity index (χ0v) is 19.7. The summed E-state index contributed by atoms with van der Waals surface area (Å²) >= 11 is 18.0. The minimum absolute atomic E-state index is 0.150. The number of carbonyl (C=O) groups is 2. The van der Waals surface area contributed by atoms with Gasteiger partial charge in [-0.25, -0.2) is 0 Å². The van der Waals surface area contributed by atoms with Crippen molar-refractivity contribution in [1.29, 1.82) is 0 Å². The lowest BCUT2D eigenvalue weighted by Crippen LogP contribution is -2.49. The quantitative estimate of drug-likeness (QED) is 0.633. The molecule has 0 radical (unpaired) electrons. The Bertz CT molecular complexity index is 1010. The second kappa shape index (κ2) is 10.3. The van der Waals surface area contributed by atoms with Gasteiger partial charge in [0.05, 0.1) is 16.4 Å². The molecule has 164 valence electrons. The van der Waals surface area contributed by atoms with E-state index in [1.165, 1.54) is 0 Å². The van der Waals surface area contributed by atoms with Gasteiger partial charge in [-0.2, -0.15) is 0 Å². The third kappa shape index (κ3) is 5.67. The van der Waals surface area contributed by atoms with E-state index in [0.717, 1.165) is 11.3 Å². The van der Waals surface area contributed by atoms with Gasteiger partial charge >= 0.3 is 0 Å². The van der Waals surface area contributed by atoms with Crippen molar-refractivity contribution in [2.24, 2.45) is 0 Å². The number of amides is 2. The Morgan fingerprint density at radius 3 is 2.42 bits per heavy atom. The summed E-state index contributed by atoms with van der Waals surface area (Å²) in [6.07, 6.45) is 0.499. The number of anilines is 2. The number of nitrogens with one attached hydrogen (secondary N) is 2. The van der Waals surface area contributed by atoms with Gasteiger partial charge in [0, 0.05) is 43.2 Å². The SMILES string of the molecule is CCC(=O)N1CCN(c2c(Cl)cccc2NC(=S)NC(=O)c2ccc(C)c(Cl)c2)CC1. The number of piperazine rings is 1. The van der Waals surface area contributed by atoms with Crippen LogP contribution in [0.2, 0.25) is 10.0 Å². The van der Waals surface area contributed by atoms with E-state index in [4.69, 9.17) is 35.4 Å². The average Bonchev–Trinajstić information content (AvgIpc) is 2.75. The van der Waals surface area contributed by atoms with E-state index in [1.54, 1.807) is 18.2 Å². The predicted octanol–water partition coefficient (Wildman–Crippen LogP) is 4.49. The number of halogens is 2. The molecule has 0 unspecified atom stereocenters. The maximum absolute atomic E-state index is 12.5. The number of hydrogen-bond acceptors (Lipinski definition) is 4. The fraction of sp³-hybridized carbons (Fsp3) is 0.318. The third-order valence-electron chi connectivity index (χ3n) is 5.15. The van der Waals surface area contributed by atoms with Crippen LogP contribution in [0.5, 0.6) is 0 Å². The highest BCUT2D eigenvalue weighted by atomic mass is 35.5. The van der Waals surface area contributed by atoms with Gasteiger partial charge in [-0.15, -0.1) is 0 Å². The Balaban J connectivity index is 1.70. The van der Waals surface area contributed by atoms with Crippen LogP contribution >= 0.6 is 35.4 Å². The summed E-state index contributed by atoms with van der Waals surface area (Å²) in [5, 5.41) is 7.00. The lowest BCUT2D eigenvalue weighted by atomic mass is 10.1. The molecule has 1 aliphatic rings. The highest BCUT2D eigenvalue weighted by Crippen LogP contribution is 2.34. The van der Waals surface area contributed by atoms with E-state index in [2.05, 4.69) is 15.5 Å². The molecule has 2 aromatic carbocycles. The number of rotatable bonds is 4. The van der Waals surface area contributed by atoms with Gasteiger partial charge < -0.3 is 15.1 Å². The molecule has 6 nitrogen and oxygen atoms in total. The van der Waals surface area contributed by atoms with Crippen LogP contribution in [0.1, 0.15) is 29.3 Å². The first kappa shape index (κ1) is 23.3. The van der Waals surface area contributed by atoms with Crippen LogP contribution in [0.4, 0.5) is 11.4 Å². The Hall–Kier alpha value is -2.35. The second-order valence-corrected chi connectivity index (χ2v) is 8.45. The van der Waals surface area contributed by atoms with Crippen molar-refractivity contribution in [1.82, 2.24) is 10.2 Å². The van der Waals surface area contributed by atoms with Crippen LogP contribution in [0.25, 0.3) is 0 Å². The van der Waals surface area contributed by atoms with Crippen LogP contribution in [-0.4, -0.2) is 48.0 Å². The molecule has 0 bridgehead atoms. The molecule has 31 heavy (non-hydrogen) atoms. The number of thiocarbonyl (C=S) groups is 1. The van der Waals surface area contributed by atoms with Crippen molar-refractivity contribution >= 4 is 63.7 Å². The fourth-order valence-electron chi connectivity index (χ4n) is 3.40. The van der Waals surface area contributed by atoms with Gasteiger partial charge in [0.2, 0.25) is 5.91 Å². The predicted molar refractivity (Wildman–Crippen MR) is 130 cm³/mol. The molecule has 0 atom stereocenters. The minimum atomic E-state index is -0.352. The summed E-state index contributed by atoms with van der Waals surface area (Å²) in [5.74, 6) is -0.202. The molecule has 9 heteroatoms. The van der Waals surface area contributed by atoms with E-state index >= 15 is 0 Å². The standard InChI is InChI=1S/C22H24Cl2N4O2S/c1-3-19(29)27-9-11-28(12-10-27)20-16(23)5-4-6-18(20)25-22(31)26-21(30)15-8-7-14(2)17(24)13-15/h4-8,13H,3,9-12H2,1-2H3,(H2,25,26,30,31). The van der Waals surface area contributed by atoms with Crippen LogP contribution in [0.3, 0.4) is 0 Å². The summed E-state index contributed by atoms with van der Waals surface area (Å²) in [5.41, 5.74) is 2.80. The van der Waals surface area contributed by atoms with Crippen molar-refractivity contribution < 1.29 is 9.59 Å². The molecule has 0 aliphatic carbocycles. The largest absolute Gasteiger partial charge is 0.365 e. The molecule has 2 N–H and O–H groups in total. The normalized spacial score (nSPS) is 13.7. The smallest absolute Gasteiger partial charge is 0.257 e. The van der Waals surface area contributed by atoms with E-state index < -0.39 is 0 Å². The van der Waals surface area contributed by atoms with Crippen molar-refractivity contribution in [2.45, 2.75) is 20.3 Å². The van der Waals surface area contributed by atoms with E-state index in [9.17, 15) is 9.59 Å². The van der Waals surface area contributed by atoms with E-state index in [-0.39, 0.29) is 16.9 Å². The molecule has 2 aromatic rings. The average molecular weight is 479 g/mol. The Morgan fingerprint density at radius 2 is 1.77 bits per heavy atom. The number of carbonyl (C=O) groups excluding carboxylic acids is 2. The highest BCUT2D eigenvalue weighted by Gasteiger charge is 2.23.